The summed E-state index contributed by atoms with van der Waals surface area (Å²) < 4.78 is 16.0. The number of nitrogens with zero attached hydrogens (tertiary/aromatic N) is 2. The molecule has 96 valence electrons. The molecular formula is C13H15BrFN3. The van der Waals surface area contributed by atoms with E-state index in [9.17, 15) is 4.39 Å². The van der Waals surface area contributed by atoms with Gasteiger partial charge in [0.2, 0.25) is 0 Å². The number of hydrogen-bond donors (Lipinski definition) is 1. The fourth-order valence-electron chi connectivity index (χ4n) is 1.96. The summed E-state index contributed by atoms with van der Waals surface area (Å²) in [5.74, 6) is 0.704. The van der Waals surface area contributed by atoms with Gasteiger partial charge in [-0.1, -0.05) is 12.1 Å². The van der Waals surface area contributed by atoms with Gasteiger partial charge in [0.05, 0.1) is 10.5 Å². The summed E-state index contributed by atoms with van der Waals surface area (Å²) in [6, 6.07) is 5.15. The molecule has 0 aliphatic rings. The largest absolute Gasteiger partial charge is 0.337 e. The Bertz CT molecular complexity index is 539. The Labute approximate surface area is 114 Å². The van der Waals surface area contributed by atoms with Crippen LogP contribution in [-0.4, -0.2) is 16.6 Å². The Morgan fingerprint density at radius 2 is 2.28 bits per heavy atom. The molecule has 1 aromatic carbocycles. The molecule has 0 saturated carbocycles. The quantitative estimate of drug-likeness (QED) is 0.941. The minimum Gasteiger partial charge on any atom is -0.337 e. The van der Waals surface area contributed by atoms with E-state index >= 15 is 0 Å². The first-order chi connectivity index (χ1) is 8.63. The number of likely N-dealkylation sites (N-methyl/N-ethyl adjacent to an activating group) is 1. The highest BCUT2D eigenvalue weighted by molar-refractivity contribution is 9.10. The van der Waals surface area contributed by atoms with Crippen molar-refractivity contribution in [2.24, 2.45) is 7.05 Å². The highest BCUT2D eigenvalue weighted by atomic mass is 79.9. The molecule has 1 N–H and O–H groups in total. The summed E-state index contributed by atoms with van der Waals surface area (Å²) in [5, 5.41) is 3.21. The molecule has 0 aliphatic carbocycles. The molecule has 2 rings (SSSR count). The molecule has 0 saturated heterocycles. The van der Waals surface area contributed by atoms with Crippen LogP contribution in [0.3, 0.4) is 0 Å². The van der Waals surface area contributed by atoms with Gasteiger partial charge >= 0.3 is 0 Å². The monoisotopic (exact) mass is 311 g/mol. The van der Waals surface area contributed by atoms with Gasteiger partial charge in [0.25, 0.3) is 0 Å². The third-order valence-electron chi connectivity index (χ3n) is 2.97. The highest BCUT2D eigenvalue weighted by Crippen LogP contribution is 2.25. The van der Waals surface area contributed by atoms with Crippen molar-refractivity contribution in [3.05, 3.63) is 52.3 Å². The normalized spacial score (nSPS) is 12.7. The molecule has 1 heterocycles. The van der Waals surface area contributed by atoms with Crippen molar-refractivity contribution in [2.75, 3.05) is 7.05 Å². The van der Waals surface area contributed by atoms with Gasteiger partial charge in [0.1, 0.15) is 11.6 Å². The lowest BCUT2D eigenvalue weighted by atomic mass is 10.1. The SMILES string of the molecule is CNC(Cc1cccc(F)c1Br)c1nccn1C. The van der Waals surface area contributed by atoms with Crippen LogP contribution in [0.2, 0.25) is 0 Å². The van der Waals surface area contributed by atoms with Crippen LogP contribution in [0.15, 0.2) is 35.1 Å². The fraction of sp³-hybridized carbons (Fsp3) is 0.308. The zero-order valence-electron chi connectivity index (χ0n) is 10.3. The van der Waals surface area contributed by atoms with Crippen LogP contribution < -0.4 is 5.32 Å². The molecule has 1 unspecified atom stereocenters. The summed E-state index contributed by atoms with van der Waals surface area (Å²) in [6.07, 6.45) is 4.35. The number of benzene rings is 1. The summed E-state index contributed by atoms with van der Waals surface area (Å²) in [4.78, 5) is 4.33. The molecule has 0 bridgehead atoms. The van der Waals surface area contributed by atoms with Gasteiger partial charge in [-0.25, -0.2) is 9.37 Å². The Hall–Kier alpha value is -1.20. The third-order valence-corrected chi connectivity index (χ3v) is 3.86. The minimum absolute atomic E-state index is 0.0584. The van der Waals surface area contributed by atoms with Crippen molar-refractivity contribution in [1.82, 2.24) is 14.9 Å². The van der Waals surface area contributed by atoms with Crippen molar-refractivity contribution in [3.63, 3.8) is 0 Å². The smallest absolute Gasteiger partial charge is 0.137 e. The number of aryl methyl sites for hydroxylation is 1. The predicted octanol–water partition coefficient (Wildman–Crippen LogP) is 2.82. The van der Waals surface area contributed by atoms with Gasteiger partial charge in [-0.2, -0.15) is 0 Å². The van der Waals surface area contributed by atoms with Crippen LogP contribution in [0, 0.1) is 5.82 Å². The van der Waals surface area contributed by atoms with Crippen LogP contribution in [0.1, 0.15) is 17.4 Å². The van der Waals surface area contributed by atoms with Gasteiger partial charge in [-0.15, -0.1) is 0 Å². The first-order valence-electron chi connectivity index (χ1n) is 5.71. The van der Waals surface area contributed by atoms with E-state index in [0.29, 0.717) is 10.9 Å². The number of halogens is 2. The van der Waals surface area contributed by atoms with E-state index in [4.69, 9.17) is 0 Å². The Balaban J connectivity index is 2.26. The number of rotatable bonds is 4. The van der Waals surface area contributed by atoms with Gasteiger partial charge in [0, 0.05) is 19.4 Å². The summed E-state index contributed by atoms with van der Waals surface area (Å²) in [7, 11) is 3.83. The van der Waals surface area contributed by atoms with Gasteiger partial charge in [0.15, 0.2) is 0 Å². The molecular weight excluding hydrogens is 297 g/mol. The molecule has 0 amide bonds. The molecule has 0 spiro atoms. The second kappa shape index (κ2) is 5.63. The van der Waals surface area contributed by atoms with Crippen LogP contribution in [0.5, 0.6) is 0 Å². The zero-order valence-corrected chi connectivity index (χ0v) is 11.9. The summed E-state index contributed by atoms with van der Waals surface area (Å²) in [5.41, 5.74) is 0.928. The molecule has 1 atom stereocenters. The van der Waals surface area contributed by atoms with E-state index in [1.165, 1.54) is 6.07 Å². The van der Waals surface area contributed by atoms with E-state index in [0.717, 1.165) is 11.4 Å². The maximum absolute atomic E-state index is 13.5. The number of imidazole rings is 1. The molecule has 0 radical (unpaired) electrons. The summed E-state index contributed by atoms with van der Waals surface area (Å²) in [6.45, 7) is 0. The van der Waals surface area contributed by atoms with E-state index < -0.39 is 0 Å². The average molecular weight is 312 g/mol. The fourth-order valence-corrected chi connectivity index (χ4v) is 2.39. The number of nitrogens with one attached hydrogen (secondary N) is 1. The molecule has 5 heteroatoms. The van der Waals surface area contributed by atoms with Crippen LogP contribution >= 0.6 is 15.9 Å². The maximum Gasteiger partial charge on any atom is 0.137 e. The summed E-state index contributed by atoms with van der Waals surface area (Å²) >= 11 is 3.29. The van der Waals surface area contributed by atoms with Crippen molar-refractivity contribution in [2.45, 2.75) is 12.5 Å². The molecule has 0 aliphatic heterocycles. The first-order valence-corrected chi connectivity index (χ1v) is 6.50. The Morgan fingerprint density at radius 3 is 2.89 bits per heavy atom. The first kappa shape index (κ1) is 13.2. The average Bonchev–Trinajstić information content (AvgIpc) is 2.77. The minimum atomic E-state index is -0.234. The number of hydrogen-bond acceptors (Lipinski definition) is 2. The van der Waals surface area contributed by atoms with Crippen molar-refractivity contribution >= 4 is 15.9 Å². The predicted molar refractivity (Wildman–Crippen MR) is 72.8 cm³/mol. The van der Waals surface area contributed by atoms with E-state index in [1.54, 1.807) is 12.3 Å². The highest BCUT2D eigenvalue weighted by Gasteiger charge is 2.16. The van der Waals surface area contributed by atoms with Crippen molar-refractivity contribution < 1.29 is 4.39 Å². The lowest BCUT2D eigenvalue weighted by molar-refractivity contribution is 0.534. The van der Waals surface area contributed by atoms with Crippen LogP contribution in [-0.2, 0) is 13.5 Å². The zero-order chi connectivity index (χ0) is 13.1. The molecule has 2 aromatic rings. The van der Waals surface area contributed by atoms with Gasteiger partial charge < -0.3 is 9.88 Å². The van der Waals surface area contributed by atoms with Gasteiger partial charge in [-0.05, 0) is 41.0 Å². The topological polar surface area (TPSA) is 29.9 Å². The number of aromatic nitrogens is 2. The molecule has 18 heavy (non-hydrogen) atoms. The van der Waals surface area contributed by atoms with Crippen molar-refractivity contribution in [1.29, 1.82) is 0 Å². The molecule has 1 aromatic heterocycles. The van der Waals surface area contributed by atoms with Gasteiger partial charge in [-0.3, -0.25) is 0 Å². The standard InChI is InChI=1S/C13H15BrFN3/c1-16-11(13-17-6-7-18(13)2)8-9-4-3-5-10(15)12(9)14/h3-7,11,16H,8H2,1-2H3. The second-order valence-electron chi connectivity index (χ2n) is 4.15. The molecule has 3 nitrogen and oxygen atoms in total. The van der Waals surface area contributed by atoms with E-state index in [1.807, 2.05) is 30.9 Å². The molecule has 0 fully saturated rings. The van der Waals surface area contributed by atoms with Crippen LogP contribution in [0.25, 0.3) is 0 Å². The van der Waals surface area contributed by atoms with E-state index in [2.05, 4.69) is 26.2 Å². The Morgan fingerprint density at radius 1 is 1.50 bits per heavy atom. The van der Waals surface area contributed by atoms with Crippen LogP contribution in [0.4, 0.5) is 4.39 Å². The van der Waals surface area contributed by atoms with E-state index in [-0.39, 0.29) is 11.9 Å². The lowest BCUT2D eigenvalue weighted by Gasteiger charge is -2.17. The second-order valence-corrected chi connectivity index (χ2v) is 4.95. The van der Waals surface area contributed by atoms with Crippen molar-refractivity contribution in [3.8, 4) is 0 Å². The maximum atomic E-state index is 13.5. The Kier molecular flexibility index (Phi) is 4.14. The third kappa shape index (κ3) is 2.62. The lowest BCUT2D eigenvalue weighted by Crippen LogP contribution is -2.22.